The molecule has 1 N–H and O–H groups in total. The van der Waals surface area contributed by atoms with Crippen LogP contribution in [0.25, 0.3) is 0 Å². The zero-order valence-electron chi connectivity index (χ0n) is 11.3. The second-order valence-corrected chi connectivity index (χ2v) is 4.26. The summed E-state index contributed by atoms with van der Waals surface area (Å²) in [5.41, 5.74) is 1.43. The molecule has 1 aromatic carbocycles. The average Bonchev–Trinajstić information content (AvgIpc) is 2.80. The molecule has 1 aromatic heterocycles. The normalized spacial score (nSPS) is 11.4. The number of hydrogen-bond donors (Lipinski definition) is 1. The predicted molar refractivity (Wildman–Crippen MR) is 76.1 cm³/mol. The molecule has 5 nitrogen and oxygen atoms in total. The van der Waals surface area contributed by atoms with Gasteiger partial charge in [0.1, 0.15) is 11.9 Å². The second kappa shape index (κ2) is 5.93. The predicted octanol–water partition coefficient (Wildman–Crippen LogP) is 2.71. The van der Waals surface area contributed by atoms with E-state index in [-0.39, 0.29) is 6.10 Å². The lowest BCUT2D eigenvalue weighted by molar-refractivity contribution is 0.121. The topological polar surface area (TPSA) is 56.2 Å². The van der Waals surface area contributed by atoms with Gasteiger partial charge < -0.3 is 4.74 Å². The molecule has 1 amide bonds. The smallest absolute Gasteiger partial charge is 0.413 e. The van der Waals surface area contributed by atoms with E-state index in [1.54, 1.807) is 14.0 Å². The molecule has 0 radical (unpaired) electrons. The van der Waals surface area contributed by atoms with Crippen molar-refractivity contribution in [2.24, 2.45) is 7.05 Å². The number of nitrogens with one attached hydrogen (secondary N) is 1. The molecule has 0 bridgehead atoms. The minimum atomic E-state index is -0.568. The first-order chi connectivity index (χ1) is 9.61. The molecular weight excluding hydrogens is 254 g/mol. The van der Waals surface area contributed by atoms with Gasteiger partial charge >= 0.3 is 6.09 Å². The van der Waals surface area contributed by atoms with Gasteiger partial charge in [0.05, 0.1) is 11.8 Å². The first-order valence-electron chi connectivity index (χ1n) is 6.13. The van der Waals surface area contributed by atoms with Gasteiger partial charge in [0.15, 0.2) is 0 Å². The first kappa shape index (κ1) is 13.7. The SMILES string of the molecule is C#Cc1cnn(C)c1NC(=O)OC(C)c1ccccc1. The molecule has 1 atom stereocenters. The molecule has 0 spiro atoms. The summed E-state index contributed by atoms with van der Waals surface area (Å²) in [4.78, 5) is 11.9. The van der Waals surface area contributed by atoms with Crippen LogP contribution in [0.1, 0.15) is 24.2 Å². The van der Waals surface area contributed by atoms with Gasteiger partial charge in [-0.1, -0.05) is 36.3 Å². The largest absolute Gasteiger partial charge is 0.441 e. The Bertz CT molecular complexity index is 641. The highest BCUT2D eigenvalue weighted by Crippen LogP contribution is 2.18. The van der Waals surface area contributed by atoms with Gasteiger partial charge in [-0.2, -0.15) is 5.10 Å². The Labute approximate surface area is 117 Å². The van der Waals surface area contributed by atoms with Crippen LogP contribution in [0.5, 0.6) is 0 Å². The maximum absolute atomic E-state index is 11.9. The fourth-order valence-electron chi connectivity index (χ4n) is 1.77. The quantitative estimate of drug-likeness (QED) is 0.872. The molecule has 0 aliphatic carbocycles. The van der Waals surface area contributed by atoms with E-state index in [1.807, 2.05) is 30.3 Å². The van der Waals surface area contributed by atoms with Crippen molar-refractivity contribution >= 4 is 11.9 Å². The highest BCUT2D eigenvalue weighted by molar-refractivity contribution is 5.85. The van der Waals surface area contributed by atoms with Gasteiger partial charge in [0, 0.05) is 7.05 Å². The third-order valence-corrected chi connectivity index (χ3v) is 2.87. The Morgan fingerprint density at radius 2 is 2.15 bits per heavy atom. The van der Waals surface area contributed by atoms with Crippen LogP contribution in [-0.4, -0.2) is 15.9 Å². The van der Waals surface area contributed by atoms with Crippen molar-refractivity contribution in [1.29, 1.82) is 0 Å². The number of benzene rings is 1. The van der Waals surface area contributed by atoms with Crippen LogP contribution >= 0.6 is 0 Å². The number of anilines is 1. The van der Waals surface area contributed by atoms with Gasteiger partial charge in [-0.25, -0.2) is 4.79 Å². The summed E-state index contributed by atoms with van der Waals surface area (Å²) < 4.78 is 6.79. The molecule has 102 valence electrons. The molecule has 0 fully saturated rings. The van der Waals surface area contributed by atoms with Crippen molar-refractivity contribution < 1.29 is 9.53 Å². The molecular formula is C15H15N3O2. The van der Waals surface area contributed by atoms with Crippen molar-refractivity contribution in [2.75, 3.05) is 5.32 Å². The van der Waals surface area contributed by atoms with Crippen LogP contribution in [0.2, 0.25) is 0 Å². The molecule has 1 unspecified atom stereocenters. The molecule has 0 saturated carbocycles. The second-order valence-electron chi connectivity index (χ2n) is 4.26. The van der Waals surface area contributed by atoms with Crippen molar-refractivity contribution in [3.05, 3.63) is 47.7 Å². The van der Waals surface area contributed by atoms with Crippen molar-refractivity contribution in [3.63, 3.8) is 0 Å². The summed E-state index contributed by atoms with van der Waals surface area (Å²) in [5, 5.41) is 6.59. The third-order valence-electron chi connectivity index (χ3n) is 2.87. The number of amides is 1. The lowest BCUT2D eigenvalue weighted by Crippen LogP contribution is -2.18. The van der Waals surface area contributed by atoms with E-state index in [1.165, 1.54) is 10.9 Å². The van der Waals surface area contributed by atoms with E-state index < -0.39 is 6.09 Å². The third kappa shape index (κ3) is 2.98. The molecule has 0 saturated heterocycles. The van der Waals surface area contributed by atoms with Crippen molar-refractivity contribution in [2.45, 2.75) is 13.0 Å². The van der Waals surface area contributed by atoms with Crippen LogP contribution in [0, 0.1) is 12.3 Å². The molecule has 0 aliphatic rings. The fraction of sp³-hybridized carbons (Fsp3) is 0.200. The molecule has 5 heteroatoms. The molecule has 1 heterocycles. The fourth-order valence-corrected chi connectivity index (χ4v) is 1.77. The van der Waals surface area contributed by atoms with E-state index in [9.17, 15) is 4.79 Å². The van der Waals surface area contributed by atoms with Crippen molar-refractivity contribution in [1.82, 2.24) is 9.78 Å². The number of rotatable bonds is 3. The van der Waals surface area contributed by atoms with E-state index in [2.05, 4.69) is 16.3 Å². The number of aromatic nitrogens is 2. The van der Waals surface area contributed by atoms with E-state index in [0.29, 0.717) is 11.4 Å². The summed E-state index contributed by atoms with van der Waals surface area (Å²) in [5.74, 6) is 2.90. The lowest BCUT2D eigenvalue weighted by Gasteiger charge is -2.14. The summed E-state index contributed by atoms with van der Waals surface area (Å²) in [6, 6.07) is 9.49. The van der Waals surface area contributed by atoms with E-state index in [0.717, 1.165) is 5.56 Å². The summed E-state index contributed by atoms with van der Waals surface area (Å²) in [6.45, 7) is 1.81. The number of ether oxygens (including phenoxy) is 1. The summed E-state index contributed by atoms with van der Waals surface area (Å²) >= 11 is 0. The van der Waals surface area contributed by atoms with Gasteiger partial charge in [-0.3, -0.25) is 10.00 Å². The van der Waals surface area contributed by atoms with E-state index in [4.69, 9.17) is 11.2 Å². The lowest BCUT2D eigenvalue weighted by atomic mass is 10.1. The zero-order valence-corrected chi connectivity index (χ0v) is 11.3. The zero-order chi connectivity index (χ0) is 14.5. The number of terminal acetylenes is 1. The van der Waals surface area contributed by atoms with Crippen molar-refractivity contribution in [3.8, 4) is 12.3 Å². The highest BCUT2D eigenvalue weighted by Gasteiger charge is 2.15. The molecule has 2 rings (SSSR count). The standard InChI is InChI=1S/C15H15N3O2/c1-4-12-10-16-18(3)14(12)17-15(19)20-11(2)13-8-6-5-7-9-13/h1,5-11H,2-3H3,(H,17,19). The Morgan fingerprint density at radius 1 is 1.45 bits per heavy atom. The van der Waals surface area contributed by atoms with Gasteiger partial charge in [0.2, 0.25) is 0 Å². The number of aryl methyl sites for hydroxylation is 1. The Hall–Kier alpha value is -2.74. The van der Waals surface area contributed by atoms with Crippen LogP contribution < -0.4 is 5.32 Å². The Balaban J connectivity index is 2.03. The van der Waals surface area contributed by atoms with Gasteiger partial charge in [-0.05, 0) is 12.5 Å². The maximum Gasteiger partial charge on any atom is 0.413 e. The minimum absolute atomic E-state index is 0.348. The number of nitrogens with zero attached hydrogens (tertiary/aromatic N) is 2. The van der Waals surface area contributed by atoms with Gasteiger partial charge in [0.25, 0.3) is 0 Å². The van der Waals surface area contributed by atoms with Crippen LogP contribution in [-0.2, 0) is 11.8 Å². The van der Waals surface area contributed by atoms with Crippen LogP contribution in [0.4, 0.5) is 10.6 Å². The monoisotopic (exact) mass is 269 g/mol. The number of carbonyl (C=O) groups is 1. The van der Waals surface area contributed by atoms with Crippen LogP contribution in [0.15, 0.2) is 36.5 Å². The highest BCUT2D eigenvalue weighted by atomic mass is 16.6. The minimum Gasteiger partial charge on any atom is -0.441 e. The maximum atomic E-state index is 11.9. The first-order valence-corrected chi connectivity index (χ1v) is 6.13. The summed E-state index contributed by atoms with van der Waals surface area (Å²) in [6.07, 6.45) is 5.93. The van der Waals surface area contributed by atoms with E-state index >= 15 is 0 Å². The Morgan fingerprint density at radius 3 is 2.80 bits per heavy atom. The number of hydrogen-bond acceptors (Lipinski definition) is 3. The number of carbonyl (C=O) groups excluding carboxylic acids is 1. The summed E-state index contributed by atoms with van der Waals surface area (Å²) in [7, 11) is 1.69. The van der Waals surface area contributed by atoms with Crippen LogP contribution in [0.3, 0.4) is 0 Å². The molecule has 2 aromatic rings. The molecule has 20 heavy (non-hydrogen) atoms. The van der Waals surface area contributed by atoms with Gasteiger partial charge in [-0.15, -0.1) is 6.42 Å². The average molecular weight is 269 g/mol. The molecule has 0 aliphatic heterocycles. The Kier molecular flexibility index (Phi) is 4.06.